The largest absolute Gasteiger partial charge is 0.479 e. The van der Waals surface area contributed by atoms with Crippen LogP contribution in [0.2, 0.25) is 0 Å². The Morgan fingerprint density at radius 3 is 2.59 bits per heavy atom. The van der Waals surface area contributed by atoms with Gasteiger partial charge in [-0.1, -0.05) is 15.9 Å². The maximum atomic E-state index is 11.7. The number of Topliss-reactive ketones (excluding diaryl/α,β-unsaturated/α-hetero) is 1. The number of aliphatic carboxylic acids is 1. The number of hydrogen-bond acceptors (Lipinski definition) is 4. The molecule has 0 fully saturated rings. The molecule has 0 aliphatic carbocycles. The molecule has 1 aromatic carbocycles. The number of rotatable bonds is 5. The lowest BCUT2D eigenvalue weighted by Gasteiger charge is -2.12. The number of alkyl halides is 1. The van der Waals surface area contributed by atoms with Crippen LogP contribution in [0.3, 0.4) is 0 Å². The van der Waals surface area contributed by atoms with E-state index in [1.807, 2.05) is 0 Å². The average Bonchev–Trinajstić information content (AvgIpc) is 2.28. The van der Waals surface area contributed by atoms with Crippen LogP contribution in [0.25, 0.3) is 0 Å². The Balaban J connectivity index is 3.21. The number of ketones is 1. The molecule has 0 amide bonds. The number of halogens is 1. The Morgan fingerprint density at radius 1 is 1.41 bits per heavy atom. The molecule has 4 nitrogen and oxygen atoms in total. The van der Waals surface area contributed by atoms with E-state index >= 15 is 0 Å². The number of carboxylic acids is 1. The van der Waals surface area contributed by atoms with Gasteiger partial charge in [0.2, 0.25) is 0 Å². The van der Waals surface area contributed by atoms with Crippen LogP contribution in [-0.2, 0) is 4.79 Å². The second kappa shape index (κ2) is 6.18. The first-order valence-corrected chi connectivity index (χ1v) is 6.37. The van der Waals surface area contributed by atoms with Gasteiger partial charge in [-0.25, -0.2) is 4.79 Å². The number of carboxylic acid groups (broad SMARTS) is 1. The lowest BCUT2D eigenvalue weighted by Crippen LogP contribution is -2.15. The van der Waals surface area contributed by atoms with Gasteiger partial charge < -0.3 is 10.2 Å². The number of carbonyl (C=O) groups is 2. The first kappa shape index (κ1) is 14.2. The molecule has 0 radical (unpaired) electrons. The van der Waals surface area contributed by atoms with Crippen LogP contribution < -0.4 is 0 Å². The van der Waals surface area contributed by atoms with Crippen molar-refractivity contribution >= 4 is 40.3 Å². The molecule has 1 aromatic rings. The molecular weight excluding hydrogens is 308 g/mol. The first-order chi connectivity index (χ1) is 7.97. The van der Waals surface area contributed by atoms with Crippen LogP contribution in [0.4, 0.5) is 0 Å². The minimum Gasteiger partial charge on any atom is -0.479 e. The molecule has 6 heteroatoms. The number of aliphatic hydroxyl groups is 1. The van der Waals surface area contributed by atoms with E-state index in [0.29, 0.717) is 10.2 Å². The minimum absolute atomic E-state index is 0.0796. The number of carbonyl (C=O) groups excluding carboxylic acids is 1. The zero-order chi connectivity index (χ0) is 13.0. The Bertz CT molecular complexity index is 447. The molecule has 1 rings (SSSR count). The SMILES string of the molecule is O=C(CCBr)c1ccc(S)cc1C(O)C(=O)O. The quantitative estimate of drug-likeness (QED) is 0.441. The van der Waals surface area contributed by atoms with Crippen LogP contribution in [0.15, 0.2) is 23.1 Å². The predicted octanol–water partition coefficient (Wildman–Crippen LogP) is 2.06. The minimum atomic E-state index is -1.71. The summed E-state index contributed by atoms with van der Waals surface area (Å²) in [4.78, 5) is 23.0. The summed E-state index contributed by atoms with van der Waals surface area (Å²) >= 11 is 7.20. The second-order valence-corrected chi connectivity index (χ2v) is 4.68. The molecule has 0 aliphatic rings. The Hall–Kier alpha value is -0.850. The van der Waals surface area contributed by atoms with Gasteiger partial charge in [0, 0.05) is 27.8 Å². The van der Waals surface area contributed by atoms with Gasteiger partial charge in [0.15, 0.2) is 11.9 Å². The summed E-state index contributed by atoms with van der Waals surface area (Å²) in [5.41, 5.74) is 0.299. The second-order valence-electron chi connectivity index (χ2n) is 3.37. The summed E-state index contributed by atoms with van der Waals surface area (Å²) in [6.45, 7) is 0. The van der Waals surface area contributed by atoms with Crippen molar-refractivity contribution in [2.75, 3.05) is 5.33 Å². The summed E-state index contributed by atoms with van der Waals surface area (Å²) in [6, 6.07) is 4.46. The van der Waals surface area contributed by atoms with E-state index < -0.39 is 12.1 Å². The molecule has 0 saturated carbocycles. The van der Waals surface area contributed by atoms with Crippen molar-refractivity contribution in [3.8, 4) is 0 Å². The molecule has 0 saturated heterocycles. The summed E-state index contributed by atoms with van der Waals surface area (Å²) < 4.78 is 0. The van der Waals surface area contributed by atoms with Crippen LogP contribution in [-0.4, -0.2) is 27.3 Å². The predicted molar refractivity (Wildman–Crippen MR) is 69.0 cm³/mol. The fourth-order valence-electron chi connectivity index (χ4n) is 1.38. The molecule has 92 valence electrons. The zero-order valence-electron chi connectivity index (χ0n) is 8.76. The monoisotopic (exact) mass is 318 g/mol. The molecular formula is C11H11BrO4S. The van der Waals surface area contributed by atoms with Gasteiger partial charge >= 0.3 is 5.97 Å². The molecule has 0 aromatic heterocycles. The van der Waals surface area contributed by atoms with Gasteiger partial charge in [-0.3, -0.25) is 4.79 Å². The third-order valence-electron chi connectivity index (χ3n) is 2.19. The highest BCUT2D eigenvalue weighted by Crippen LogP contribution is 2.23. The van der Waals surface area contributed by atoms with Crippen molar-refractivity contribution in [1.29, 1.82) is 0 Å². The van der Waals surface area contributed by atoms with E-state index in [0.717, 1.165) is 0 Å². The summed E-state index contributed by atoms with van der Waals surface area (Å²) in [5.74, 6) is -1.61. The normalized spacial score (nSPS) is 12.2. The topological polar surface area (TPSA) is 74.6 Å². The van der Waals surface area contributed by atoms with E-state index in [4.69, 9.17) is 5.11 Å². The van der Waals surface area contributed by atoms with Crippen molar-refractivity contribution in [1.82, 2.24) is 0 Å². The van der Waals surface area contributed by atoms with Crippen LogP contribution in [0.1, 0.15) is 28.4 Å². The highest BCUT2D eigenvalue weighted by Gasteiger charge is 2.22. The van der Waals surface area contributed by atoms with Crippen molar-refractivity contribution in [3.05, 3.63) is 29.3 Å². The summed E-state index contributed by atoms with van der Waals surface area (Å²) in [5, 5.41) is 18.8. The standard InChI is InChI=1S/C11H11BrO4S/c12-4-3-9(13)7-2-1-6(17)5-8(7)10(14)11(15)16/h1-2,5,10,14,17H,3-4H2,(H,15,16). The number of hydrogen-bond donors (Lipinski definition) is 3. The molecule has 0 aliphatic heterocycles. The van der Waals surface area contributed by atoms with E-state index in [2.05, 4.69) is 28.6 Å². The Kier molecular flexibility index (Phi) is 5.17. The highest BCUT2D eigenvalue weighted by atomic mass is 79.9. The third-order valence-corrected chi connectivity index (χ3v) is 2.86. The third kappa shape index (κ3) is 3.55. The molecule has 0 spiro atoms. The fourth-order valence-corrected chi connectivity index (χ4v) is 1.96. The zero-order valence-corrected chi connectivity index (χ0v) is 11.2. The highest BCUT2D eigenvalue weighted by molar-refractivity contribution is 9.09. The average molecular weight is 319 g/mol. The van der Waals surface area contributed by atoms with Gasteiger partial charge in [-0.15, -0.1) is 12.6 Å². The van der Waals surface area contributed by atoms with E-state index in [9.17, 15) is 14.7 Å². The lowest BCUT2D eigenvalue weighted by atomic mass is 9.98. The molecule has 0 heterocycles. The number of thiol groups is 1. The van der Waals surface area contributed by atoms with E-state index in [1.165, 1.54) is 12.1 Å². The number of benzene rings is 1. The lowest BCUT2D eigenvalue weighted by molar-refractivity contribution is -0.146. The maximum absolute atomic E-state index is 11.7. The molecule has 0 bridgehead atoms. The van der Waals surface area contributed by atoms with Gasteiger partial charge in [0.25, 0.3) is 0 Å². The van der Waals surface area contributed by atoms with E-state index in [1.54, 1.807) is 6.07 Å². The molecule has 1 unspecified atom stereocenters. The van der Waals surface area contributed by atoms with E-state index in [-0.39, 0.29) is 23.3 Å². The summed E-state index contributed by atoms with van der Waals surface area (Å²) in [6.07, 6.45) is -1.47. The van der Waals surface area contributed by atoms with Gasteiger partial charge in [0.05, 0.1) is 0 Å². The van der Waals surface area contributed by atoms with Crippen molar-refractivity contribution in [3.63, 3.8) is 0 Å². The van der Waals surface area contributed by atoms with Crippen molar-refractivity contribution in [2.24, 2.45) is 0 Å². The number of aliphatic hydroxyl groups excluding tert-OH is 1. The van der Waals surface area contributed by atoms with Gasteiger partial charge in [-0.2, -0.15) is 0 Å². The molecule has 17 heavy (non-hydrogen) atoms. The molecule has 1 atom stereocenters. The smallest absolute Gasteiger partial charge is 0.337 e. The Morgan fingerprint density at radius 2 is 2.06 bits per heavy atom. The van der Waals surface area contributed by atoms with Crippen LogP contribution >= 0.6 is 28.6 Å². The van der Waals surface area contributed by atoms with Gasteiger partial charge in [-0.05, 0) is 18.2 Å². The Labute approximate surface area is 112 Å². The fraction of sp³-hybridized carbons (Fsp3) is 0.273. The van der Waals surface area contributed by atoms with Crippen LogP contribution in [0.5, 0.6) is 0 Å². The summed E-state index contributed by atoms with van der Waals surface area (Å²) in [7, 11) is 0. The maximum Gasteiger partial charge on any atom is 0.337 e. The first-order valence-electron chi connectivity index (χ1n) is 4.80. The van der Waals surface area contributed by atoms with Crippen molar-refractivity contribution < 1.29 is 19.8 Å². The van der Waals surface area contributed by atoms with Crippen molar-refractivity contribution in [2.45, 2.75) is 17.4 Å². The van der Waals surface area contributed by atoms with Gasteiger partial charge in [0.1, 0.15) is 0 Å². The van der Waals surface area contributed by atoms with Crippen LogP contribution in [0, 0.1) is 0 Å². The molecule has 2 N–H and O–H groups in total.